The van der Waals surface area contributed by atoms with Crippen molar-refractivity contribution in [2.75, 3.05) is 6.61 Å². The predicted octanol–water partition coefficient (Wildman–Crippen LogP) is 5.11. The number of H-pyrrole nitrogens is 1. The summed E-state index contributed by atoms with van der Waals surface area (Å²) in [6, 6.07) is 5.90. The standard InChI is InChI=1S/C18H25NO2/c1-3-5-6-7-8-18(20)16-13-19-17-10-9-14(12-15(16)17)21-11-4-2/h9-10,12-13,19H,3-8,11H2,1-2H3. The van der Waals surface area contributed by atoms with Crippen molar-refractivity contribution in [2.24, 2.45) is 0 Å². The Hall–Kier alpha value is -1.77. The Morgan fingerprint density at radius 3 is 2.76 bits per heavy atom. The van der Waals surface area contributed by atoms with Crippen LogP contribution in [0, 0.1) is 0 Å². The Bertz CT molecular complexity index is 586. The van der Waals surface area contributed by atoms with Crippen molar-refractivity contribution in [1.29, 1.82) is 0 Å². The summed E-state index contributed by atoms with van der Waals surface area (Å²) in [6.45, 7) is 4.97. The molecule has 21 heavy (non-hydrogen) atoms. The third-order valence-electron chi connectivity index (χ3n) is 3.68. The van der Waals surface area contributed by atoms with Gasteiger partial charge in [0.2, 0.25) is 0 Å². The van der Waals surface area contributed by atoms with Crippen LogP contribution in [0.25, 0.3) is 10.9 Å². The van der Waals surface area contributed by atoms with E-state index in [1.54, 1.807) is 0 Å². The fourth-order valence-electron chi connectivity index (χ4n) is 2.49. The molecule has 0 aliphatic heterocycles. The van der Waals surface area contributed by atoms with E-state index in [2.05, 4.69) is 18.8 Å². The first-order chi connectivity index (χ1) is 10.3. The van der Waals surface area contributed by atoms with Gasteiger partial charge < -0.3 is 9.72 Å². The molecule has 1 N–H and O–H groups in total. The number of aromatic nitrogens is 1. The van der Waals surface area contributed by atoms with E-state index in [1.165, 1.54) is 12.8 Å². The van der Waals surface area contributed by atoms with Gasteiger partial charge in [-0.2, -0.15) is 0 Å². The molecule has 0 aliphatic carbocycles. The summed E-state index contributed by atoms with van der Waals surface area (Å²) < 4.78 is 5.66. The van der Waals surface area contributed by atoms with Crippen molar-refractivity contribution in [2.45, 2.75) is 52.4 Å². The van der Waals surface area contributed by atoms with Gasteiger partial charge in [0.05, 0.1) is 6.61 Å². The molecule has 1 aromatic heterocycles. The van der Waals surface area contributed by atoms with Crippen LogP contribution < -0.4 is 4.74 Å². The van der Waals surface area contributed by atoms with Gasteiger partial charge in [0, 0.05) is 29.1 Å². The molecule has 0 saturated carbocycles. The molecule has 2 aromatic rings. The molecule has 1 heterocycles. The minimum Gasteiger partial charge on any atom is -0.494 e. The summed E-state index contributed by atoms with van der Waals surface area (Å²) in [6.07, 6.45) is 7.95. The Labute approximate surface area is 126 Å². The maximum atomic E-state index is 12.3. The van der Waals surface area contributed by atoms with Crippen molar-refractivity contribution in [1.82, 2.24) is 4.98 Å². The van der Waals surface area contributed by atoms with E-state index < -0.39 is 0 Å². The van der Waals surface area contributed by atoms with E-state index in [1.807, 2.05) is 24.4 Å². The third-order valence-corrected chi connectivity index (χ3v) is 3.68. The van der Waals surface area contributed by atoms with Crippen molar-refractivity contribution in [3.63, 3.8) is 0 Å². The van der Waals surface area contributed by atoms with Gasteiger partial charge in [-0.15, -0.1) is 0 Å². The van der Waals surface area contributed by atoms with Gasteiger partial charge in [-0.05, 0) is 31.0 Å². The van der Waals surface area contributed by atoms with Gasteiger partial charge in [-0.3, -0.25) is 4.79 Å². The largest absolute Gasteiger partial charge is 0.494 e. The van der Waals surface area contributed by atoms with Crippen molar-refractivity contribution in [3.05, 3.63) is 30.0 Å². The summed E-state index contributed by atoms with van der Waals surface area (Å²) in [4.78, 5) is 15.5. The number of fused-ring (bicyclic) bond motifs is 1. The second-order valence-corrected chi connectivity index (χ2v) is 5.49. The van der Waals surface area contributed by atoms with Crippen LogP contribution in [-0.2, 0) is 0 Å². The second-order valence-electron chi connectivity index (χ2n) is 5.49. The molecule has 0 spiro atoms. The van der Waals surface area contributed by atoms with Crippen LogP contribution in [0.2, 0.25) is 0 Å². The van der Waals surface area contributed by atoms with Crippen molar-refractivity contribution >= 4 is 16.7 Å². The normalized spacial score (nSPS) is 11.0. The Morgan fingerprint density at radius 2 is 2.00 bits per heavy atom. The number of benzene rings is 1. The van der Waals surface area contributed by atoms with E-state index in [9.17, 15) is 4.79 Å². The average molecular weight is 287 g/mol. The quantitative estimate of drug-likeness (QED) is 0.514. The van der Waals surface area contributed by atoms with E-state index in [4.69, 9.17) is 4.74 Å². The lowest BCUT2D eigenvalue weighted by atomic mass is 10.0. The van der Waals surface area contributed by atoms with E-state index >= 15 is 0 Å². The molecule has 2 rings (SSSR count). The number of ether oxygens (including phenoxy) is 1. The number of aromatic amines is 1. The Kier molecular flexibility index (Phi) is 5.85. The maximum Gasteiger partial charge on any atom is 0.165 e. The molecule has 0 amide bonds. The first kappa shape index (κ1) is 15.6. The molecular weight excluding hydrogens is 262 g/mol. The number of carbonyl (C=O) groups excluding carboxylic acids is 1. The summed E-state index contributed by atoms with van der Waals surface area (Å²) in [5.41, 5.74) is 1.79. The first-order valence-electron chi connectivity index (χ1n) is 8.03. The van der Waals surface area contributed by atoms with Gasteiger partial charge in [-0.1, -0.05) is 33.1 Å². The van der Waals surface area contributed by atoms with E-state index in [-0.39, 0.29) is 5.78 Å². The molecule has 0 saturated heterocycles. The summed E-state index contributed by atoms with van der Waals surface area (Å²) in [5, 5.41) is 0.976. The molecule has 0 fully saturated rings. The minimum absolute atomic E-state index is 0.227. The smallest absolute Gasteiger partial charge is 0.165 e. The molecular formula is C18H25NO2. The monoisotopic (exact) mass is 287 g/mol. The topological polar surface area (TPSA) is 42.1 Å². The van der Waals surface area contributed by atoms with Gasteiger partial charge in [0.15, 0.2) is 5.78 Å². The highest BCUT2D eigenvalue weighted by Crippen LogP contribution is 2.25. The summed E-state index contributed by atoms with van der Waals surface area (Å²) in [5.74, 6) is 1.06. The summed E-state index contributed by atoms with van der Waals surface area (Å²) in [7, 11) is 0. The number of ketones is 1. The molecule has 0 aliphatic rings. The molecule has 0 atom stereocenters. The number of nitrogens with one attached hydrogen (secondary N) is 1. The number of hydrogen-bond acceptors (Lipinski definition) is 2. The molecule has 0 radical (unpaired) electrons. The average Bonchev–Trinajstić information content (AvgIpc) is 2.92. The zero-order valence-electron chi connectivity index (χ0n) is 13.1. The highest BCUT2D eigenvalue weighted by atomic mass is 16.5. The van der Waals surface area contributed by atoms with Gasteiger partial charge in [0.25, 0.3) is 0 Å². The molecule has 0 bridgehead atoms. The van der Waals surface area contributed by atoms with Crippen LogP contribution in [0.15, 0.2) is 24.4 Å². The number of rotatable bonds is 9. The Balaban J connectivity index is 2.09. The lowest BCUT2D eigenvalue weighted by Gasteiger charge is -2.05. The van der Waals surface area contributed by atoms with Crippen LogP contribution in [0.1, 0.15) is 62.7 Å². The second kappa shape index (κ2) is 7.87. The van der Waals surface area contributed by atoms with Gasteiger partial charge >= 0.3 is 0 Å². The minimum atomic E-state index is 0.227. The number of hydrogen-bond donors (Lipinski definition) is 1. The van der Waals surface area contributed by atoms with Crippen LogP contribution in [0.4, 0.5) is 0 Å². The van der Waals surface area contributed by atoms with Crippen LogP contribution in [-0.4, -0.2) is 17.4 Å². The van der Waals surface area contributed by atoms with Crippen LogP contribution in [0.5, 0.6) is 5.75 Å². The molecule has 3 nitrogen and oxygen atoms in total. The zero-order valence-corrected chi connectivity index (χ0v) is 13.1. The SMILES string of the molecule is CCCCCCC(=O)c1c[nH]c2ccc(OCCC)cc12. The van der Waals surface area contributed by atoms with Crippen LogP contribution >= 0.6 is 0 Å². The molecule has 3 heteroatoms. The molecule has 114 valence electrons. The third kappa shape index (κ3) is 4.10. The lowest BCUT2D eigenvalue weighted by Crippen LogP contribution is -1.98. The maximum absolute atomic E-state index is 12.3. The van der Waals surface area contributed by atoms with Crippen molar-refractivity contribution < 1.29 is 9.53 Å². The molecule has 1 aromatic carbocycles. The van der Waals surface area contributed by atoms with Gasteiger partial charge in [-0.25, -0.2) is 0 Å². The number of carbonyl (C=O) groups is 1. The molecule has 0 unspecified atom stereocenters. The lowest BCUT2D eigenvalue weighted by molar-refractivity contribution is 0.0981. The Morgan fingerprint density at radius 1 is 1.14 bits per heavy atom. The first-order valence-corrected chi connectivity index (χ1v) is 8.03. The van der Waals surface area contributed by atoms with E-state index in [0.717, 1.165) is 41.5 Å². The zero-order chi connectivity index (χ0) is 15.1. The number of unbranched alkanes of at least 4 members (excludes halogenated alkanes) is 3. The fourth-order valence-corrected chi connectivity index (χ4v) is 2.49. The fraction of sp³-hybridized carbons (Fsp3) is 0.500. The predicted molar refractivity (Wildman–Crippen MR) is 87.2 cm³/mol. The van der Waals surface area contributed by atoms with Gasteiger partial charge in [0.1, 0.15) is 5.75 Å². The van der Waals surface area contributed by atoms with Crippen molar-refractivity contribution in [3.8, 4) is 5.75 Å². The highest BCUT2D eigenvalue weighted by Gasteiger charge is 2.12. The number of Topliss-reactive ketones (excluding diaryl/α,β-unsaturated/α-hetero) is 1. The van der Waals surface area contributed by atoms with E-state index in [0.29, 0.717) is 13.0 Å². The highest BCUT2D eigenvalue weighted by molar-refractivity contribution is 6.08. The van der Waals surface area contributed by atoms with Crippen LogP contribution in [0.3, 0.4) is 0 Å². The summed E-state index contributed by atoms with van der Waals surface area (Å²) >= 11 is 0.